The van der Waals surface area contributed by atoms with E-state index in [0.717, 1.165) is 19.3 Å². The Morgan fingerprint density at radius 2 is 2.15 bits per heavy atom. The van der Waals surface area contributed by atoms with Crippen LogP contribution in [0, 0.1) is 0 Å². The third-order valence-electron chi connectivity index (χ3n) is 5.26. The third kappa shape index (κ3) is 3.56. The van der Waals surface area contributed by atoms with Crippen LogP contribution < -0.4 is 0 Å². The monoisotopic (exact) mass is 382 g/mol. The lowest BCUT2D eigenvalue weighted by Crippen LogP contribution is -2.40. The number of nitrogens with zero attached hydrogens (tertiary/aromatic N) is 4. The van der Waals surface area contributed by atoms with Crippen LogP contribution in [0.1, 0.15) is 60.3 Å². The molecule has 27 heavy (non-hydrogen) atoms. The number of benzene rings is 1. The van der Waals surface area contributed by atoms with Crippen molar-refractivity contribution in [1.82, 2.24) is 19.5 Å². The molecule has 2 aromatic heterocycles. The van der Waals surface area contributed by atoms with Crippen molar-refractivity contribution < 1.29 is 4.79 Å². The second-order valence-corrected chi connectivity index (χ2v) is 7.50. The van der Waals surface area contributed by atoms with E-state index in [1.807, 2.05) is 4.90 Å². The fraction of sp³-hybridized carbons (Fsp3) is 0.381. The van der Waals surface area contributed by atoms with E-state index in [2.05, 4.69) is 41.3 Å². The van der Waals surface area contributed by atoms with E-state index in [1.165, 1.54) is 24.0 Å². The van der Waals surface area contributed by atoms with Crippen LogP contribution in [-0.4, -0.2) is 31.9 Å². The molecular weight excluding hydrogens is 360 g/mol. The first-order chi connectivity index (χ1) is 13.2. The topological polar surface area (TPSA) is 50.5 Å². The third-order valence-corrected chi connectivity index (χ3v) is 5.45. The molecule has 5 nitrogen and oxygen atoms in total. The summed E-state index contributed by atoms with van der Waals surface area (Å²) < 4.78 is 1.57. The van der Waals surface area contributed by atoms with Crippen LogP contribution in [0.15, 0.2) is 42.7 Å². The first-order valence-electron chi connectivity index (χ1n) is 9.57. The van der Waals surface area contributed by atoms with Gasteiger partial charge in [-0.05, 0) is 24.0 Å². The molecule has 0 saturated carbocycles. The number of amides is 1. The molecule has 0 aliphatic carbocycles. The lowest BCUT2D eigenvalue weighted by molar-refractivity contribution is 0.0641. The highest BCUT2D eigenvalue weighted by Crippen LogP contribution is 2.34. The zero-order valence-electron chi connectivity index (χ0n) is 15.4. The predicted molar refractivity (Wildman–Crippen MR) is 106 cm³/mol. The summed E-state index contributed by atoms with van der Waals surface area (Å²) in [5, 5.41) is 4.91. The van der Waals surface area contributed by atoms with Gasteiger partial charge in [-0.1, -0.05) is 62.1 Å². The fourth-order valence-corrected chi connectivity index (χ4v) is 4.04. The van der Waals surface area contributed by atoms with Crippen molar-refractivity contribution in [1.29, 1.82) is 0 Å². The van der Waals surface area contributed by atoms with Gasteiger partial charge in [-0.15, -0.1) is 0 Å². The van der Waals surface area contributed by atoms with Gasteiger partial charge in [-0.2, -0.15) is 5.10 Å². The van der Waals surface area contributed by atoms with Crippen LogP contribution in [0.2, 0.25) is 5.02 Å². The Hall–Kier alpha value is -2.40. The van der Waals surface area contributed by atoms with Gasteiger partial charge in [-0.3, -0.25) is 4.79 Å². The Labute approximate surface area is 164 Å². The van der Waals surface area contributed by atoms with Gasteiger partial charge in [0.25, 0.3) is 5.91 Å². The normalized spacial score (nSPS) is 16.5. The molecule has 0 radical (unpaired) electrons. The highest BCUT2D eigenvalue weighted by molar-refractivity contribution is 6.30. The number of aromatic nitrogens is 3. The van der Waals surface area contributed by atoms with Gasteiger partial charge >= 0.3 is 0 Å². The number of carbonyl (C=O) groups excluding carboxylic acids is 1. The Bertz CT molecular complexity index is 968. The molecule has 0 N–H and O–H groups in total. The summed E-state index contributed by atoms with van der Waals surface area (Å²) in [5.74, 6) is -0.0346. The second-order valence-electron chi connectivity index (χ2n) is 7.06. The van der Waals surface area contributed by atoms with Crippen LogP contribution >= 0.6 is 11.6 Å². The van der Waals surface area contributed by atoms with Gasteiger partial charge in [0.05, 0.1) is 17.3 Å². The maximum Gasteiger partial charge on any atom is 0.274 e. The number of halogens is 1. The molecule has 140 valence electrons. The summed E-state index contributed by atoms with van der Waals surface area (Å²) in [7, 11) is 0. The molecule has 1 aliphatic heterocycles. The van der Waals surface area contributed by atoms with E-state index < -0.39 is 0 Å². The van der Waals surface area contributed by atoms with Crippen molar-refractivity contribution in [3.05, 3.63) is 64.6 Å². The standard InChI is InChI=1S/C21H23ClN4O/c1-2-3-4-9-19-17-8-6-5-7-15(17)10-11-25(19)21(27)18-12-20-23-13-16(22)14-26(20)24-18/h5-8,12-14,19H,2-4,9-11H2,1H3. The van der Waals surface area contributed by atoms with Gasteiger partial charge in [0, 0.05) is 18.8 Å². The molecule has 1 atom stereocenters. The lowest BCUT2D eigenvalue weighted by atomic mass is 9.89. The minimum atomic E-state index is -0.0346. The summed E-state index contributed by atoms with van der Waals surface area (Å²) in [6, 6.07) is 10.3. The van der Waals surface area contributed by atoms with Crippen LogP contribution in [0.25, 0.3) is 5.65 Å². The van der Waals surface area contributed by atoms with Crippen molar-refractivity contribution in [2.24, 2.45) is 0 Å². The molecule has 1 unspecified atom stereocenters. The number of unbranched alkanes of at least 4 members (excludes halogenated alkanes) is 2. The van der Waals surface area contributed by atoms with E-state index in [0.29, 0.717) is 22.9 Å². The molecule has 1 aliphatic rings. The molecule has 0 saturated heterocycles. The highest BCUT2D eigenvalue weighted by Gasteiger charge is 2.32. The SMILES string of the molecule is CCCCCC1c2ccccc2CCN1C(=O)c1cc2ncc(Cl)cn2n1. The molecule has 1 aromatic carbocycles. The van der Waals surface area contributed by atoms with Crippen molar-refractivity contribution in [2.75, 3.05) is 6.54 Å². The molecule has 6 heteroatoms. The van der Waals surface area contributed by atoms with Crippen molar-refractivity contribution in [2.45, 2.75) is 45.1 Å². The first kappa shape index (κ1) is 18.0. The van der Waals surface area contributed by atoms with Crippen molar-refractivity contribution in [3.63, 3.8) is 0 Å². The molecular formula is C21H23ClN4O. The Kier molecular flexibility index (Phi) is 5.12. The van der Waals surface area contributed by atoms with Crippen LogP contribution in [0.5, 0.6) is 0 Å². The van der Waals surface area contributed by atoms with E-state index in [9.17, 15) is 4.79 Å². The van der Waals surface area contributed by atoms with Crippen molar-refractivity contribution in [3.8, 4) is 0 Å². The second kappa shape index (κ2) is 7.69. The van der Waals surface area contributed by atoms with E-state index in [-0.39, 0.29) is 11.9 Å². The first-order valence-corrected chi connectivity index (χ1v) is 9.95. The summed E-state index contributed by atoms with van der Waals surface area (Å²) in [4.78, 5) is 19.5. The number of hydrogen-bond acceptors (Lipinski definition) is 3. The Balaban J connectivity index is 1.65. The molecule has 0 spiro atoms. The quantitative estimate of drug-likeness (QED) is 0.601. The smallest absolute Gasteiger partial charge is 0.274 e. The fourth-order valence-electron chi connectivity index (χ4n) is 3.90. The van der Waals surface area contributed by atoms with E-state index in [1.54, 1.807) is 23.0 Å². The van der Waals surface area contributed by atoms with Gasteiger partial charge in [0.1, 0.15) is 0 Å². The van der Waals surface area contributed by atoms with Crippen LogP contribution in [0.4, 0.5) is 0 Å². The Morgan fingerprint density at radius 1 is 1.30 bits per heavy atom. The molecule has 3 heterocycles. The number of fused-ring (bicyclic) bond motifs is 2. The molecule has 0 bridgehead atoms. The molecule has 3 aromatic rings. The van der Waals surface area contributed by atoms with E-state index in [4.69, 9.17) is 11.6 Å². The highest BCUT2D eigenvalue weighted by atomic mass is 35.5. The molecule has 1 amide bonds. The van der Waals surface area contributed by atoms with Gasteiger partial charge in [0.2, 0.25) is 0 Å². The molecule has 4 rings (SSSR count). The zero-order valence-corrected chi connectivity index (χ0v) is 16.2. The summed E-state index contributed by atoms with van der Waals surface area (Å²) in [6.07, 6.45) is 8.56. The maximum atomic E-state index is 13.3. The maximum absolute atomic E-state index is 13.3. The van der Waals surface area contributed by atoms with Gasteiger partial charge in [-0.25, -0.2) is 9.50 Å². The minimum Gasteiger partial charge on any atom is -0.330 e. The van der Waals surface area contributed by atoms with Gasteiger partial charge < -0.3 is 4.90 Å². The predicted octanol–water partition coefficient (Wildman–Crippen LogP) is 4.70. The number of rotatable bonds is 5. The Morgan fingerprint density at radius 3 is 3.00 bits per heavy atom. The lowest BCUT2D eigenvalue weighted by Gasteiger charge is -2.37. The van der Waals surface area contributed by atoms with Gasteiger partial charge in [0.15, 0.2) is 11.3 Å². The largest absolute Gasteiger partial charge is 0.330 e. The summed E-state index contributed by atoms with van der Waals surface area (Å²) in [6.45, 7) is 2.92. The number of hydrogen-bond donors (Lipinski definition) is 0. The average Bonchev–Trinajstić information content (AvgIpc) is 3.11. The number of carbonyl (C=O) groups is 1. The average molecular weight is 383 g/mol. The molecule has 0 fully saturated rings. The zero-order chi connectivity index (χ0) is 18.8. The minimum absolute atomic E-state index is 0.0346. The van der Waals surface area contributed by atoms with Crippen molar-refractivity contribution >= 4 is 23.2 Å². The summed E-state index contributed by atoms with van der Waals surface area (Å²) in [5.41, 5.74) is 3.68. The summed E-state index contributed by atoms with van der Waals surface area (Å²) >= 11 is 5.99. The van der Waals surface area contributed by atoms with Crippen LogP contribution in [0.3, 0.4) is 0 Å². The van der Waals surface area contributed by atoms with Crippen LogP contribution in [-0.2, 0) is 6.42 Å². The van der Waals surface area contributed by atoms with E-state index >= 15 is 0 Å².